The zero-order valence-electron chi connectivity index (χ0n) is 13.1. The number of alkyl halides is 2. The van der Waals surface area contributed by atoms with Gasteiger partial charge in [0.25, 0.3) is 11.8 Å². The van der Waals surface area contributed by atoms with E-state index in [0.29, 0.717) is 0 Å². The lowest BCUT2D eigenvalue weighted by atomic mass is 10.1. The van der Waals surface area contributed by atoms with Crippen LogP contribution in [-0.2, 0) is 10.0 Å². The van der Waals surface area contributed by atoms with Gasteiger partial charge in [-0.25, -0.2) is 21.9 Å². The minimum Gasteiger partial charge on any atom is -0.384 e. The minimum atomic E-state index is -3.77. The fourth-order valence-electron chi connectivity index (χ4n) is 2.45. The van der Waals surface area contributed by atoms with Crippen molar-refractivity contribution in [2.75, 3.05) is 11.9 Å². The maximum absolute atomic E-state index is 12.9. The third-order valence-electron chi connectivity index (χ3n) is 4.44. The number of carbonyl (C=O) groups is 1. The summed E-state index contributed by atoms with van der Waals surface area (Å²) < 4.78 is 53.1. The molecule has 0 spiro atoms. The van der Waals surface area contributed by atoms with Gasteiger partial charge in [-0.05, 0) is 38.0 Å². The quantitative estimate of drug-likeness (QED) is 0.689. The first-order valence-corrected chi connectivity index (χ1v) is 9.10. The summed E-state index contributed by atoms with van der Waals surface area (Å²) in [6.45, 7) is 1.79. The molecule has 132 valence electrons. The monoisotopic (exact) mass is 359 g/mol. The average Bonchev–Trinajstić information content (AvgIpc) is 3.34. The predicted octanol–water partition coefficient (Wildman–Crippen LogP) is 1.68. The average molecular weight is 359 g/mol. The van der Waals surface area contributed by atoms with E-state index in [9.17, 15) is 22.0 Å². The van der Waals surface area contributed by atoms with Crippen molar-refractivity contribution in [2.45, 2.75) is 42.5 Å². The first-order valence-electron chi connectivity index (χ1n) is 7.62. The topological polar surface area (TPSA) is 101 Å². The number of anilines is 1. The molecule has 1 unspecified atom stereocenters. The number of rotatable bonds is 7. The molecular formula is C15H19F2N3O3S. The van der Waals surface area contributed by atoms with Gasteiger partial charge in [-0.1, -0.05) is 0 Å². The zero-order chi connectivity index (χ0) is 17.8. The number of hydrogen-bond donors (Lipinski definition) is 3. The van der Waals surface area contributed by atoms with Gasteiger partial charge in [0.2, 0.25) is 10.0 Å². The van der Waals surface area contributed by atoms with Crippen LogP contribution in [0.1, 0.15) is 36.5 Å². The van der Waals surface area contributed by atoms with Crippen molar-refractivity contribution in [2.24, 2.45) is 11.7 Å². The van der Waals surface area contributed by atoms with Crippen LogP contribution < -0.4 is 15.8 Å². The maximum Gasteiger partial charge on any atom is 0.253 e. The highest BCUT2D eigenvalue weighted by Gasteiger charge is 2.56. The summed E-state index contributed by atoms with van der Waals surface area (Å²) in [5, 5.41) is 2.76. The fourth-order valence-corrected chi connectivity index (χ4v) is 3.94. The Balaban J connectivity index is 1.80. The smallest absolute Gasteiger partial charge is 0.253 e. The van der Waals surface area contributed by atoms with Crippen LogP contribution in [0.5, 0.6) is 0 Å². The SMILES string of the molecule is CC1(NS(=O)(=O)c2ccc(NCC3CC3(F)F)c(C(N)=O)c2)CC1. The van der Waals surface area contributed by atoms with E-state index in [1.165, 1.54) is 18.2 Å². The van der Waals surface area contributed by atoms with E-state index in [0.717, 1.165) is 12.8 Å². The minimum absolute atomic E-state index is 0.00427. The molecule has 2 fully saturated rings. The Morgan fingerprint density at radius 3 is 2.50 bits per heavy atom. The van der Waals surface area contributed by atoms with Crippen molar-refractivity contribution in [3.8, 4) is 0 Å². The van der Waals surface area contributed by atoms with Gasteiger partial charge in [0.05, 0.1) is 10.5 Å². The van der Waals surface area contributed by atoms with E-state index in [-0.39, 0.29) is 29.1 Å². The molecule has 0 radical (unpaired) electrons. The molecule has 0 bridgehead atoms. The lowest BCUT2D eigenvalue weighted by Gasteiger charge is -2.15. The molecule has 2 aliphatic rings. The molecule has 2 aliphatic carbocycles. The molecule has 6 nitrogen and oxygen atoms in total. The van der Waals surface area contributed by atoms with E-state index >= 15 is 0 Å². The van der Waals surface area contributed by atoms with Crippen LogP contribution >= 0.6 is 0 Å². The summed E-state index contributed by atoms with van der Waals surface area (Å²) in [7, 11) is -3.77. The van der Waals surface area contributed by atoms with Gasteiger partial charge in [0.15, 0.2) is 0 Å². The molecule has 1 aromatic carbocycles. The summed E-state index contributed by atoms with van der Waals surface area (Å²) in [4.78, 5) is 11.5. The Hall–Kier alpha value is -1.74. The molecule has 0 saturated heterocycles. The molecule has 4 N–H and O–H groups in total. The van der Waals surface area contributed by atoms with Gasteiger partial charge in [0.1, 0.15) is 0 Å². The van der Waals surface area contributed by atoms with Crippen LogP contribution in [0, 0.1) is 5.92 Å². The van der Waals surface area contributed by atoms with E-state index in [1.807, 2.05) is 0 Å². The molecule has 1 aromatic rings. The van der Waals surface area contributed by atoms with Crippen molar-refractivity contribution in [1.29, 1.82) is 0 Å². The van der Waals surface area contributed by atoms with E-state index in [2.05, 4.69) is 10.0 Å². The van der Waals surface area contributed by atoms with Crippen LogP contribution in [0.25, 0.3) is 0 Å². The van der Waals surface area contributed by atoms with E-state index < -0.39 is 33.3 Å². The molecular weight excluding hydrogens is 340 g/mol. The predicted molar refractivity (Wildman–Crippen MR) is 84.5 cm³/mol. The summed E-state index contributed by atoms with van der Waals surface area (Å²) in [6, 6.07) is 3.88. The summed E-state index contributed by atoms with van der Waals surface area (Å²) in [5.41, 5.74) is 5.07. The standard InChI is InChI=1S/C15H19F2N3O3S/c1-14(4-5-14)20-24(22,23)10-2-3-12(11(6-10)13(18)21)19-8-9-7-15(9,16)17/h2-3,6,9,19-20H,4-5,7-8H2,1H3,(H2,18,21). The maximum atomic E-state index is 12.9. The number of nitrogens with one attached hydrogen (secondary N) is 2. The lowest BCUT2D eigenvalue weighted by molar-refractivity contribution is 0.1000. The highest BCUT2D eigenvalue weighted by atomic mass is 32.2. The van der Waals surface area contributed by atoms with Gasteiger partial charge in [-0.15, -0.1) is 0 Å². The Morgan fingerprint density at radius 2 is 2.00 bits per heavy atom. The number of carbonyl (C=O) groups excluding carboxylic acids is 1. The number of sulfonamides is 1. The molecule has 9 heteroatoms. The number of primary amides is 1. The molecule has 0 heterocycles. The highest BCUT2D eigenvalue weighted by molar-refractivity contribution is 7.89. The van der Waals surface area contributed by atoms with Crippen LogP contribution in [0.15, 0.2) is 23.1 Å². The largest absolute Gasteiger partial charge is 0.384 e. The number of nitrogens with two attached hydrogens (primary N) is 1. The van der Waals surface area contributed by atoms with Crippen LogP contribution in [0.3, 0.4) is 0 Å². The summed E-state index contributed by atoms with van der Waals surface area (Å²) in [5.74, 6) is -4.28. The van der Waals surface area contributed by atoms with Crippen molar-refractivity contribution in [3.05, 3.63) is 23.8 Å². The van der Waals surface area contributed by atoms with E-state index in [4.69, 9.17) is 5.73 Å². The van der Waals surface area contributed by atoms with Crippen molar-refractivity contribution >= 4 is 21.6 Å². The zero-order valence-corrected chi connectivity index (χ0v) is 13.9. The van der Waals surface area contributed by atoms with Gasteiger partial charge < -0.3 is 11.1 Å². The van der Waals surface area contributed by atoms with Crippen molar-refractivity contribution in [3.63, 3.8) is 0 Å². The second-order valence-corrected chi connectivity index (χ2v) is 8.46. The first kappa shape index (κ1) is 17.1. The molecule has 24 heavy (non-hydrogen) atoms. The van der Waals surface area contributed by atoms with Gasteiger partial charge in [-0.2, -0.15) is 0 Å². The Labute approximate surface area is 138 Å². The van der Waals surface area contributed by atoms with Gasteiger partial charge in [0, 0.05) is 30.1 Å². The highest BCUT2D eigenvalue weighted by Crippen LogP contribution is 2.48. The number of hydrogen-bond acceptors (Lipinski definition) is 4. The normalized spacial score (nSPS) is 23.5. The van der Waals surface area contributed by atoms with Crippen LogP contribution in [0.4, 0.5) is 14.5 Å². The number of halogens is 2. The third kappa shape index (κ3) is 3.51. The first-order chi connectivity index (χ1) is 11.0. The molecule has 0 aliphatic heterocycles. The van der Waals surface area contributed by atoms with Crippen LogP contribution in [-0.4, -0.2) is 32.3 Å². The fraction of sp³-hybridized carbons (Fsp3) is 0.533. The molecule has 1 atom stereocenters. The lowest BCUT2D eigenvalue weighted by Crippen LogP contribution is -2.34. The second-order valence-electron chi connectivity index (χ2n) is 6.78. The summed E-state index contributed by atoms with van der Waals surface area (Å²) in [6.07, 6.45) is 1.31. The van der Waals surface area contributed by atoms with Crippen LogP contribution in [0.2, 0.25) is 0 Å². The van der Waals surface area contributed by atoms with Gasteiger partial charge >= 0.3 is 0 Å². The Morgan fingerprint density at radius 1 is 1.38 bits per heavy atom. The Kier molecular flexibility index (Phi) is 3.83. The number of amides is 1. The third-order valence-corrected chi connectivity index (χ3v) is 6.08. The van der Waals surface area contributed by atoms with Gasteiger partial charge in [-0.3, -0.25) is 4.79 Å². The Bertz CT molecular complexity index is 791. The van der Waals surface area contributed by atoms with Crippen molar-refractivity contribution < 1.29 is 22.0 Å². The number of benzene rings is 1. The van der Waals surface area contributed by atoms with E-state index in [1.54, 1.807) is 6.92 Å². The van der Waals surface area contributed by atoms with Crippen molar-refractivity contribution in [1.82, 2.24) is 4.72 Å². The summed E-state index contributed by atoms with van der Waals surface area (Å²) >= 11 is 0. The molecule has 2 saturated carbocycles. The second kappa shape index (κ2) is 5.38. The molecule has 3 rings (SSSR count). The molecule has 1 amide bonds. The molecule has 0 aromatic heterocycles.